The smallest absolute Gasteiger partial charge is 0.192 e. The van der Waals surface area contributed by atoms with Crippen LogP contribution in [0, 0.1) is 0 Å². The molecule has 23 heavy (non-hydrogen) atoms. The molecule has 1 unspecified atom stereocenters. The van der Waals surface area contributed by atoms with Gasteiger partial charge in [0.2, 0.25) is 0 Å². The molecule has 1 atom stereocenters. The Kier molecular flexibility index (Phi) is 5.00. The van der Waals surface area contributed by atoms with Crippen molar-refractivity contribution in [3.8, 4) is 0 Å². The molecule has 1 aromatic carbocycles. The number of hydrogen-bond donors (Lipinski definition) is 0. The van der Waals surface area contributed by atoms with Crippen molar-refractivity contribution in [1.82, 2.24) is 0 Å². The van der Waals surface area contributed by atoms with Gasteiger partial charge >= 0.3 is 0 Å². The molecule has 0 radical (unpaired) electrons. The van der Waals surface area contributed by atoms with E-state index in [-0.39, 0.29) is 11.6 Å². The molecule has 3 nitrogen and oxygen atoms in total. The van der Waals surface area contributed by atoms with Crippen LogP contribution in [0.1, 0.15) is 39.7 Å². The number of ketones is 2. The fourth-order valence-corrected chi connectivity index (χ4v) is 3.08. The molecular formula is C20H24O3. The van der Waals surface area contributed by atoms with Gasteiger partial charge in [0, 0.05) is 13.5 Å². The lowest BCUT2D eigenvalue weighted by Crippen LogP contribution is -2.39. The molecule has 122 valence electrons. The van der Waals surface area contributed by atoms with Crippen molar-refractivity contribution in [2.24, 2.45) is 0 Å². The first kappa shape index (κ1) is 17.4. The van der Waals surface area contributed by atoms with E-state index in [9.17, 15) is 9.59 Å². The molecule has 1 aliphatic carbocycles. The zero-order chi connectivity index (χ0) is 17.2. The maximum absolute atomic E-state index is 12.7. The van der Waals surface area contributed by atoms with Crippen LogP contribution in [0.4, 0.5) is 0 Å². The molecule has 0 aromatic heterocycles. The van der Waals surface area contributed by atoms with E-state index in [0.29, 0.717) is 29.6 Å². The first-order valence-electron chi connectivity index (χ1n) is 7.89. The predicted octanol–water partition coefficient (Wildman–Crippen LogP) is 3.83. The second-order valence-electron chi connectivity index (χ2n) is 6.23. The molecule has 0 heterocycles. The number of carbonyl (C=O) groups is 2. The Hall–Kier alpha value is -2.00. The van der Waals surface area contributed by atoms with Gasteiger partial charge in [-0.15, -0.1) is 0 Å². The summed E-state index contributed by atoms with van der Waals surface area (Å²) in [4.78, 5) is 25.3. The van der Waals surface area contributed by atoms with Gasteiger partial charge in [-0.1, -0.05) is 30.3 Å². The second-order valence-corrected chi connectivity index (χ2v) is 6.23. The summed E-state index contributed by atoms with van der Waals surface area (Å²) in [6, 6.07) is 9.84. The molecule has 0 spiro atoms. The molecule has 2 rings (SSSR count). The number of benzene rings is 1. The Morgan fingerprint density at radius 2 is 1.70 bits per heavy atom. The number of Topliss-reactive ketones (excluding diaryl/α,β-unsaturated/α-hetero) is 2. The largest absolute Gasteiger partial charge is 0.370 e. The zero-order valence-corrected chi connectivity index (χ0v) is 14.5. The van der Waals surface area contributed by atoms with Crippen molar-refractivity contribution in [2.45, 2.75) is 46.1 Å². The number of rotatable bonds is 5. The van der Waals surface area contributed by atoms with Crippen LogP contribution in [0.25, 0.3) is 0 Å². The Labute approximate surface area is 138 Å². The minimum absolute atomic E-state index is 0.105. The van der Waals surface area contributed by atoms with Crippen LogP contribution >= 0.6 is 0 Å². The summed E-state index contributed by atoms with van der Waals surface area (Å²) in [5.41, 5.74) is 2.92. The highest BCUT2D eigenvalue weighted by Crippen LogP contribution is 2.38. The molecule has 0 aliphatic heterocycles. The van der Waals surface area contributed by atoms with Crippen molar-refractivity contribution in [2.75, 3.05) is 7.11 Å². The number of aryl methyl sites for hydroxylation is 1. The van der Waals surface area contributed by atoms with Gasteiger partial charge in [0.05, 0.1) is 5.57 Å². The second kappa shape index (κ2) is 6.63. The summed E-state index contributed by atoms with van der Waals surface area (Å²) < 4.78 is 5.64. The third kappa shape index (κ3) is 3.06. The average Bonchev–Trinajstić information content (AvgIpc) is 2.57. The maximum Gasteiger partial charge on any atom is 0.192 e. The van der Waals surface area contributed by atoms with Gasteiger partial charge in [-0.25, -0.2) is 0 Å². The van der Waals surface area contributed by atoms with Gasteiger partial charge in [-0.2, -0.15) is 0 Å². The Bertz CT molecular complexity index is 695. The molecule has 1 aromatic rings. The molecule has 0 amide bonds. The molecule has 0 fully saturated rings. The fraction of sp³-hybridized carbons (Fsp3) is 0.400. The number of allylic oxidation sites excluding steroid dienone is 2. The average molecular weight is 312 g/mol. The molecule has 1 aliphatic rings. The van der Waals surface area contributed by atoms with Gasteiger partial charge in [-0.3, -0.25) is 9.59 Å². The zero-order valence-electron chi connectivity index (χ0n) is 14.5. The van der Waals surface area contributed by atoms with E-state index in [4.69, 9.17) is 4.74 Å². The van der Waals surface area contributed by atoms with Crippen molar-refractivity contribution in [3.63, 3.8) is 0 Å². The number of ether oxygens (including phenoxy) is 1. The fourth-order valence-electron chi connectivity index (χ4n) is 3.08. The molecule has 0 saturated heterocycles. The van der Waals surface area contributed by atoms with Crippen LogP contribution in [-0.4, -0.2) is 24.3 Å². The van der Waals surface area contributed by atoms with Crippen molar-refractivity contribution >= 4 is 11.6 Å². The van der Waals surface area contributed by atoms with E-state index in [2.05, 4.69) is 0 Å². The molecule has 0 saturated carbocycles. The van der Waals surface area contributed by atoms with Crippen molar-refractivity contribution in [1.29, 1.82) is 0 Å². The lowest BCUT2D eigenvalue weighted by molar-refractivity contribution is -0.120. The van der Waals surface area contributed by atoms with E-state index in [1.807, 2.05) is 51.1 Å². The van der Waals surface area contributed by atoms with Crippen LogP contribution in [-0.2, 0) is 20.7 Å². The molecular weight excluding hydrogens is 288 g/mol. The minimum atomic E-state index is -0.685. The first-order valence-corrected chi connectivity index (χ1v) is 7.89. The molecule has 3 heteroatoms. The third-order valence-corrected chi connectivity index (χ3v) is 5.11. The normalized spacial score (nSPS) is 21.9. The summed E-state index contributed by atoms with van der Waals surface area (Å²) in [6.45, 7) is 7.41. The van der Waals surface area contributed by atoms with Crippen LogP contribution in [0.2, 0.25) is 0 Å². The quantitative estimate of drug-likeness (QED) is 0.776. The topological polar surface area (TPSA) is 43.4 Å². The van der Waals surface area contributed by atoms with E-state index >= 15 is 0 Å². The Morgan fingerprint density at radius 1 is 1.09 bits per heavy atom. The summed E-state index contributed by atoms with van der Waals surface area (Å²) in [5, 5.41) is 0. The van der Waals surface area contributed by atoms with Crippen LogP contribution in [0.15, 0.2) is 52.6 Å². The lowest BCUT2D eigenvalue weighted by atomic mass is 9.75. The van der Waals surface area contributed by atoms with Gasteiger partial charge in [-0.05, 0) is 56.4 Å². The summed E-state index contributed by atoms with van der Waals surface area (Å²) in [5.74, 6) is -0.265. The highest BCUT2D eigenvalue weighted by Gasteiger charge is 2.40. The van der Waals surface area contributed by atoms with Gasteiger partial charge < -0.3 is 4.74 Å². The summed E-state index contributed by atoms with van der Waals surface area (Å²) in [6.07, 6.45) is 0.962. The van der Waals surface area contributed by atoms with Crippen molar-refractivity contribution < 1.29 is 14.3 Å². The molecule has 0 N–H and O–H groups in total. The number of hydrogen-bond acceptors (Lipinski definition) is 3. The Balaban J connectivity index is 2.29. The minimum Gasteiger partial charge on any atom is -0.370 e. The van der Waals surface area contributed by atoms with Gasteiger partial charge in [0.15, 0.2) is 11.6 Å². The highest BCUT2D eigenvalue weighted by atomic mass is 16.5. The van der Waals surface area contributed by atoms with E-state index in [1.165, 1.54) is 0 Å². The van der Waals surface area contributed by atoms with E-state index in [0.717, 1.165) is 11.1 Å². The predicted molar refractivity (Wildman–Crippen MR) is 91.3 cm³/mol. The number of methoxy groups -OCH3 is 1. The lowest BCUT2D eigenvalue weighted by Gasteiger charge is -2.36. The van der Waals surface area contributed by atoms with Gasteiger partial charge in [0.1, 0.15) is 5.60 Å². The van der Waals surface area contributed by atoms with Crippen LogP contribution in [0.5, 0.6) is 0 Å². The highest BCUT2D eigenvalue weighted by molar-refractivity contribution is 6.27. The molecule has 0 bridgehead atoms. The van der Waals surface area contributed by atoms with E-state index < -0.39 is 5.60 Å². The van der Waals surface area contributed by atoms with Crippen LogP contribution in [0.3, 0.4) is 0 Å². The Morgan fingerprint density at radius 3 is 2.26 bits per heavy atom. The van der Waals surface area contributed by atoms with Crippen LogP contribution < -0.4 is 0 Å². The maximum atomic E-state index is 12.7. The summed E-state index contributed by atoms with van der Waals surface area (Å²) in [7, 11) is 1.61. The van der Waals surface area contributed by atoms with Crippen molar-refractivity contribution in [3.05, 3.63) is 58.2 Å². The summed E-state index contributed by atoms with van der Waals surface area (Å²) >= 11 is 0. The third-order valence-electron chi connectivity index (χ3n) is 5.11. The monoisotopic (exact) mass is 312 g/mol. The number of carbonyl (C=O) groups excluding carboxylic acids is 2. The SMILES string of the molecule is COC1(C)C(C)=C(C)C(=O)C(C(=O)CCc2ccccc2)=C1C. The first-order chi connectivity index (χ1) is 10.8. The standard InChI is InChI=1S/C20H24O3/c1-13-14(2)20(4,23-5)15(3)18(19(13)22)17(21)12-11-16-9-7-6-8-10-16/h6-10H,11-12H2,1-5H3. The van der Waals surface area contributed by atoms with Gasteiger partial charge in [0.25, 0.3) is 0 Å². The van der Waals surface area contributed by atoms with E-state index in [1.54, 1.807) is 14.0 Å².